The first kappa shape index (κ1) is 26.6. The van der Waals surface area contributed by atoms with Gasteiger partial charge in [-0.2, -0.15) is 0 Å². The average Bonchev–Trinajstić information content (AvgIpc) is 3.36. The van der Waals surface area contributed by atoms with Crippen LogP contribution in [0.25, 0.3) is 6.08 Å². The lowest BCUT2D eigenvalue weighted by molar-refractivity contribution is -0.122. The molecule has 1 aromatic heterocycles. The maximum Gasteiger partial charge on any atom is 0.341 e. The molecule has 6 nitrogen and oxygen atoms in total. The largest absolute Gasteiger partial charge is 0.462 e. The smallest absolute Gasteiger partial charge is 0.341 e. The fourth-order valence-corrected chi connectivity index (χ4v) is 6.96. The Morgan fingerprint density at radius 1 is 1.17 bits per heavy atom. The van der Waals surface area contributed by atoms with E-state index in [1.165, 1.54) is 28.7 Å². The molecule has 1 aliphatic heterocycles. The maximum absolute atomic E-state index is 12.9. The van der Waals surface area contributed by atoms with Gasteiger partial charge in [0.25, 0.3) is 5.91 Å². The Labute approximate surface area is 225 Å². The molecule has 1 aromatic carbocycles. The molecule has 0 radical (unpaired) electrons. The first-order valence-electron chi connectivity index (χ1n) is 12.4. The second kappa shape index (κ2) is 12.2. The van der Waals surface area contributed by atoms with Gasteiger partial charge in [0.2, 0.25) is 5.91 Å². The van der Waals surface area contributed by atoms with Gasteiger partial charge in [-0.1, -0.05) is 55.2 Å². The van der Waals surface area contributed by atoms with Crippen LogP contribution in [-0.4, -0.2) is 40.2 Å². The number of carbonyl (C=O) groups excluding carboxylic acids is 3. The van der Waals surface area contributed by atoms with Crippen molar-refractivity contribution >= 4 is 68.5 Å². The molecule has 2 amide bonds. The van der Waals surface area contributed by atoms with Crippen LogP contribution in [0, 0.1) is 0 Å². The normalized spacial score (nSPS) is 16.4. The number of hydrogen-bond acceptors (Lipinski definition) is 7. The third kappa shape index (κ3) is 6.07. The van der Waals surface area contributed by atoms with Crippen LogP contribution < -0.4 is 5.32 Å². The Kier molecular flexibility index (Phi) is 8.98. The predicted molar refractivity (Wildman–Crippen MR) is 150 cm³/mol. The van der Waals surface area contributed by atoms with Crippen molar-refractivity contribution in [3.05, 3.63) is 56.3 Å². The van der Waals surface area contributed by atoms with Crippen LogP contribution >= 0.6 is 35.3 Å². The first-order valence-corrected chi connectivity index (χ1v) is 14.4. The van der Waals surface area contributed by atoms with Gasteiger partial charge in [0.1, 0.15) is 9.32 Å². The van der Waals surface area contributed by atoms with E-state index in [0.29, 0.717) is 39.4 Å². The number of carbonyl (C=O) groups is 3. The van der Waals surface area contributed by atoms with Gasteiger partial charge in [-0.25, -0.2) is 4.79 Å². The van der Waals surface area contributed by atoms with E-state index in [4.69, 9.17) is 17.0 Å². The third-order valence-corrected chi connectivity index (χ3v) is 8.83. The molecule has 2 aromatic rings. The van der Waals surface area contributed by atoms with Gasteiger partial charge >= 0.3 is 5.97 Å². The second-order valence-corrected chi connectivity index (χ2v) is 11.5. The predicted octanol–water partition coefficient (Wildman–Crippen LogP) is 5.99. The van der Waals surface area contributed by atoms with Gasteiger partial charge in [0, 0.05) is 17.8 Å². The Morgan fingerprint density at radius 2 is 1.92 bits per heavy atom. The van der Waals surface area contributed by atoms with Crippen LogP contribution in [0.3, 0.4) is 0 Å². The van der Waals surface area contributed by atoms with Gasteiger partial charge in [-0.15, -0.1) is 11.3 Å². The van der Waals surface area contributed by atoms with Gasteiger partial charge in [0.05, 0.1) is 17.1 Å². The zero-order valence-electron chi connectivity index (χ0n) is 20.6. The standard InChI is InChI=1S/C27H30N2O4S3/c1-3-17-11-13-18(14-12-17)16-21-25(31)29(27(34)36-21)15-7-10-22(30)28-24-23(26(32)33-4-2)19-8-5-6-9-20(19)35-24/h11-14,16H,3-10,15H2,1-2H3,(H,28,30)/b21-16-. The fraction of sp³-hybridized carbons (Fsp3) is 0.407. The van der Waals surface area contributed by atoms with Crippen molar-refractivity contribution in [1.82, 2.24) is 4.90 Å². The van der Waals surface area contributed by atoms with E-state index in [1.54, 1.807) is 11.8 Å². The zero-order valence-corrected chi connectivity index (χ0v) is 23.0. The summed E-state index contributed by atoms with van der Waals surface area (Å²) < 4.78 is 5.77. The van der Waals surface area contributed by atoms with E-state index in [-0.39, 0.29) is 24.2 Å². The number of thiocarbonyl (C=S) groups is 1. The fourth-order valence-electron chi connectivity index (χ4n) is 4.35. The van der Waals surface area contributed by atoms with Crippen LogP contribution in [0.5, 0.6) is 0 Å². The van der Waals surface area contributed by atoms with Crippen molar-refractivity contribution in [2.24, 2.45) is 0 Å². The van der Waals surface area contributed by atoms with E-state index >= 15 is 0 Å². The molecule has 4 rings (SSSR count). The third-order valence-electron chi connectivity index (χ3n) is 6.25. The van der Waals surface area contributed by atoms with Crippen LogP contribution in [-0.2, 0) is 33.6 Å². The minimum Gasteiger partial charge on any atom is -0.462 e. The van der Waals surface area contributed by atoms with Crippen molar-refractivity contribution in [3.63, 3.8) is 0 Å². The summed E-state index contributed by atoms with van der Waals surface area (Å²) in [5, 5.41) is 3.51. The lowest BCUT2D eigenvalue weighted by atomic mass is 9.95. The summed E-state index contributed by atoms with van der Waals surface area (Å²) >= 11 is 8.20. The van der Waals surface area contributed by atoms with Crippen molar-refractivity contribution in [2.75, 3.05) is 18.5 Å². The Morgan fingerprint density at radius 3 is 2.64 bits per heavy atom. The van der Waals surface area contributed by atoms with Crippen LogP contribution in [0.15, 0.2) is 29.2 Å². The van der Waals surface area contributed by atoms with Crippen molar-refractivity contribution in [3.8, 4) is 0 Å². The quantitative estimate of drug-likeness (QED) is 0.238. The average molecular weight is 543 g/mol. The summed E-state index contributed by atoms with van der Waals surface area (Å²) in [5.41, 5.74) is 3.74. The van der Waals surface area contributed by atoms with E-state index in [2.05, 4.69) is 24.4 Å². The Balaban J connectivity index is 1.35. The number of fused-ring (bicyclic) bond motifs is 1. The Bertz CT molecular complexity index is 1200. The highest BCUT2D eigenvalue weighted by molar-refractivity contribution is 8.26. The summed E-state index contributed by atoms with van der Waals surface area (Å²) in [7, 11) is 0. The summed E-state index contributed by atoms with van der Waals surface area (Å²) in [6, 6.07) is 8.12. The number of thiophene rings is 1. The van der Waals surface area contributed by atoms with E-state index in [1.807, 2.05) is 18.2 Å². The molecular formula is C27H30N2O4S3. The highest BCUT2D eigenvalue weighted by Crippen LogP contribution is 2.39. The number of thioether (sulfide) groups is 1. The lowest BCUT2D eigenvalue weighted by Gasteiger charge is -2.14. The van der Waals surface area contributed by atoms with E-state index in [9.17, 15) is 14.4 Å². The zero-order chi connectivity index (χ0) is 25.7. The molecule has 0 spiro atoms. The van der Waals surface area contributed by atoms with Crippen molar-refractivity contribution in [1.29, 1.82) is 0 Å². The number of aryl methyl sites for hydroxylation is 2. The van der Waals surface area contributed by atoms with Gasteiger partial charge in [-0.05, 0) is 68.2 Å². The molecule has 1 fully saturated rings. The first-order chi connectivity index (χ1) is 17.4. The molecule has 0 unspecified atom stereocenters. The molecule has 1 saturated heterocycles. The van der Waals surface area contributed by atoms with E-state index in [0.717, 1.165) is 48.1 Å². The number of nitrogens with one attached hydrogen (secondary N) is 1. The monoisotopic (exact) mass is 542 g/mol. The van der Waals surface area contributed by atoms with Crippen LogP contribution in [0.4, 0.5) is 5.00 Å². The van der Waals surface area contributed by atoms with E-state index < -0.39 is 0 Å². The number of rotatable bonds is 9. The van der Waals surface area contributed by atoms with Crippen molar-refractivity contribution < 1.29 is 19.1 Å². The van der Waals surface area contributed by atoms with Gasteiger partial charge in [-0.3, -0.25) is 14.5 Å². The number of benzene rings is 1. The summed E-state index contributed by atoms with van der Waals surface area (Å²) in [6.07, 6.45) is 7.40. The minimum atomic E-state index is -0.374. The molecular weight excluding hydrogens is 513 g/mol. The molecule has 1 aliphatic carbocycles. The number of nitrogens with zero attached hydrogens (tertiary/aromatic N) is 1. The summed E-state index contributed by atoms with van der Waals surface area (Å²) in [5.74, 6) is -0.683. The molecule has 2 aliphatic rings. The number of amides is 2. The topological polar surface area (TPSA) is 75.7 Å². The highest BCUT2D eigenvalue weighted by atomic mass is 32.2. The molecule has 0 saturated carbocycles. The molecule has 1 N–H and O–H groups in total. The maximum atomic E-state index is 12.9. The highest BCUT2D eigenvalue weighted by Gasteiger charge is 2.32. The number of esters is 1. The number of anilines is 1. The number of ether oxygens (including phenoxy) is 1. The number of hydrogen-bond donors (Lipinski definition) is 1. The molecule has 2 heterocycles. The Hall–Kier alpha value is -2.49. The van der Waals surface area contributed by atoms with Gasteiger partial charge < -0.3 is 10.1 Å². The molecule has 36 heavy (non-hydrogen) atoms. The summed E-state index contributed by atoms with van der Waals surface area (Å²) in [6.45, 7) is 4.54. The van der Waals surface area contributed by atoms with Crippen LogP contribution in [0.2, 0.25) is 0 Å². The molecule has 0 atom stereocenters. The molecule has 0 bridgehead atoms. The SMILES string of the molecule is CCOC(=O)c1c(NC(=O)CCCN2C(=O)/C(=C/c3ccc(CC)cc3)SC2=S)sc2c1CCCC2. The van der Waals surface area contributed by atoms with Gasteiger partial charge in [0.15, 0.2) is 0 Å². The summed E-state index contributed by atoms with van der Waals surface area (Å²) in [4.78, 5) is 41.6. The second-order valence-electron chi connectivity index (χ2n) is 8.72. The molecule has 9 heteroatoms. The minimum absolute atomic E-state index is 0.125. The van der Waals surface area contributed by atoms with Crippen molar-refractivity contribution in [2.45, 2.75) is 58.8 Å². The molecule has 190 valence electrons. The lowest BCUT2D eigenvalue weighted by Crippen LogP contribution is -2.29. The van der Waals surface area contributed by atoms with Crippen LogP contribution in [0.1, 0.15) is 71.5 Å².